The van der Waals surface area contributed by atoms with Gasteiger partial charge in [0.05, 0.1) is 39.7 Å². The van der Waals surface area contributed by atoms with E-state index < -0.39 is 7.14 Å². The molecule has 0 spiro atoms. The smallest absolute Gasteiger partial charge is 0.234 e. The Bertz CT molecular complexity index is 2410. The summed E-state index contributed by atoms with van der Waals surface area (Å²) in [6, 6.07) is 16.8. The van der Waals surface area contributed by atoms with Crippen LogP contribution in [0.5, 0.6) is 5.75 Å². The molecule has 5 heterocycles. The van der Waals surface area contributed by atoms with Gasteiger partial charge in [0.2, 0.25) is 17.8 Å². The van der Waals surface area contributed by atoms with Crippen molar-refractivity contribution in [1.82, 2.24) is 35.1 Å². The first-order chi connectivity index (χ1) is 28.4. The number of imide groups is 1. The van der Waals surface area contributed by atoms with Gasteiger partial charge >= 0.3 is 0 Å². The minimum absolute atomic E-state index is 0.181. The maximum Gasteiger partial charge on any atom is 0.234 e. The molecule has 0 bridgehead atoms. The molecule has 14 nitrogen and oxygen atoms in total. The van der Waals surface area contributed by atoms with Gasteiger partial charge in [-0.3, -0.25) is 34.7 Å². The van der Waals surface area contributed by atoms with E-state index in [1.807, 2.05) is 24.3 Å². The molecule has 3 saturated heterocycles. The van der Waals surface area contributed by atoms with Crippen molar-refractivity contribution in [3.05, 3.63) is 88.3 Å². The number of benzene rings is 3. The third kappa shape index (κ3) is 9.13. The lowest BCUT2D eigenvalue weighted by atomic mass is 9.90. The molecule has 3 aromatic carbocycles. The maximum absolute atomic E-state index is 13.5. The van der Waals surface area contributed by atoms with Crippen LogP contribution in [-0.4, -0.2) is 107 Å². The Hall–Kier alpha value is -4.95. The van der Waals surface area contributed by atoms with Crippen LogP contribution in [0.15, 0.2) is 71.6 Å². The summed E-state index contributed by atoms with van der Waals surface area (Å²) in [4.78, 5) is 49.7. The average Bonchev–Trinajstić information content (AvgIpc) is 3.22. The quantitative estimate of drug-likeness (QED) is 0.0972. The van der Waals surface area contributed by atoms with Crippen molar-refractivity contribution in [2.45, 2.75) is 51.1 Å². The molecule has 0 radical (unpaired) electrons. The fourth-order valence-electron chi connectivity index (χ4n) is 8.60. The fourth-order valence-corrected chi connectivity index (χ4v) is 10.3. The molecule has 2 aromatic heterocycles. The summed E-state index contributed by atoms with van der Waals surface area (Å²) in [6.07, 6.45) is 8.08. The van der Waals surface area contributed by atoms with Crippen LogP contribution in [0.3, 0.4) is 0 Å². The van der Waals surface area contributed by atoms with E-state index >= 15 is 0 Å². The van der Waals surface area contributed by atoms with E-state index in [1.165, 1.54) is 5.56 Å². The Kier molecular flexibility index (Phi) is 12.0. The van der Waals surface area contributed by atoms with Gasteiger partial charge in [0.15, 0.2) is 0 Å². The van der Waals surface area contributed by atoms with Crippen molar-refractivity contribution in [2.24, 2.45) is 0 Å². The lowest BCUT2D eigenvalue weighted by molar-refractivity contribution is -0.134. The zero-order valence-electron chi connectivity index (χ0n) is 33.9. The predicted octanol–water partition coefficient (Wildman–Crippen LogP) is 6.54. The monoisotopic (exact) mass is 880 g/mol. The number of fused-ring (bicyclic) bond motifs is 1. The third-order valence-electron chi connectivity index (χ3n) is 11.7. The summed E-state index contributed by atoms with van der Waals surface area (Å²) in [7, 11) is -1.09. The van der Waals surface area contributed by atoms with Crippen LogP contribution in [0.25, 0.3) is 11.0 Å². The summed E-state index contributed by atoms with van der Waals surface area (Å²) in [5.74, 6) is 0.969. The second-order valence-electron chi connectivity index (χ2n) is 16.0. The third-order valence-corrected chi connectivity index (χ3v) is 13.8. The maximum atomic E-state index is 13.5. The number of amides is 2. The first-order valence-electron chi connectivity index (χ1n) is 20.1. The summed E-state index contributed by atoms with van der Waals surface area (Å²) < 4.78 is 20.0. The zero-order chi connectivity index (χ0) is 41.3. The molecule has 0 aliphatic carbocycles. The number of piperazine rings is 1. The SMILES string of the molecule is COc1cc(N2CCC(N3CCN(Cc4ccc(C5CCC(=O)NC5=O)cc4)CC3)CC2)c(C)cc1Nc1ncc(Br)c(Nc2ccc3nccnc3c2P(C)(C)=O)n1. The van der Waals surface area contributed by atoms with Crippen LogP contribution in [0.2, 0.25) is 0 Å². The van der Waals surface area contributed by atoms with Crippen molar-refractivity contribution in [3.8, 4) is 5.75 Å². The number of halogens is 1. The number of hydrogen-bond acceptors (Lipinski definition) is 13. The minimum atomic E-state index is -2.76. The number of rotatable bonds is 11. The van der Waals surface area contributed by atoms with Crippen LogP contribution in [0.1, 0.15) is 48.3 Å². The number of carbonyl (C=O) groups excluding carboxylic acids is 2. The Labute approximate surface area is 353 Å². The van der Waals surface area contributed by atoms with Crippen molar-refractivity contribution in [3.63, 3.8) is 0 Å². The molecule has 3 aliphatic heterocycles. The fraction of sp³-hybridized carbons (Fsp3) is 0.395. The van der Waals surface area contributed by atoms with E-state index in [0.29, 0.717) is 62.9 Å². The second-order valence-corrected chi connectivity index (χ2v) is 20.0. The highest BCUT2D eigenvalue weighted by Gasteiger charge is 2.30. The number of aromatic nitrogens is 4. The summed E-state index contributed by atoms with van der Waals surface area (Å²) in [6.45, 7) is 12.6. The van der Waals surface area contributed by atoms with Gasteiger partial charge in [-0.1, -0.05) is 24.3 Å². The average molecular weight is 882 g/mol. The molecular weight excluding hydrogens is 831 g/mol. The number of ether oxygens (including phenoxy) is 1. The molecule has 308 valence electrons. The first kappa shape index (κ1) is 40.8. The molecule has 5 aromatic rings. The van der Waals surface area contributed by atoms with Gasteiger partial charge in [0.25, 0.3) is 0 Å². The summed E-state index contributed by atoms with van der Waals surface area (Å²) >= 11 is 3.59. The molecule has 59 heavy (non-hydrogen) atoms. The van der Waals surface area contributed by atoms with Crippen molar-refractivity contribution in [1.29, 1.82) is 0 Å². The lowest BCUT2D eigenvalue weighted by Gasteiger charge is -2.43. The number of nitrogens with one attached hydrogen (secondary N) is 3. The number of piperidine rings is 2. The Morgan fingerprint density at radius 2 is 1.64 bits per heavy atom. The van der Waals surface area contributed by atoms with E-state index in [9.17, 15) is 14.2 Å². The van der Waals surface area contributed by atoms with Crippen molar-refractivity contribution < 1.29 is 18.9 Å². The van der Waals surface area contributed by atoms with Crippen LogP contribution in [-0.2, 0) is 20.7 Å². The van der Waals surface area contributed by atoms with Crippen molar-refractivity contribution in [2.75, 3.05) is 75.2 Å². The van der Waals surface area contributed by atoms with Gasteiger partial charge in [0, 0.05) is 88.6 Å². The van der Waals surface area contributed by atoms with E-state index in [2.05, 4.69) is 92.7 Å². The molecule has 8 rings (SSSR count). The van der Waals surface area contributed by atoms with Crippen LogP contribution in [0.4, 0.5) is 28.8 Å². The van der Waals surface area contributed by atoms with E-state index in [4.69, 9.17) is 9.72 Å². The first-order valence-corrected chi connectivity index (χ1v) is 23.5. The van der Waals surface area contributed by atoms with E-state index in [0.717, 1.165) is 81.2 Å². The largest absolute Gasteiger partial charge is 0.494 e. The molecule has 2 amide bonds. The Morgan fingerprint density at radius 3 is 2.36 bits per heavy atom. The van der Waals surface area contributed by atoms with E-state index in [1.54, 1.807) is 39.0 Å². The predicted molar refractivity (Wildman–Crippen MR) is 236 cm³/mol. The number of hydrogen-bond donors (Lipinski definition) is 3. The van der Waals surface area contributed by atoms with Gasteiger partial charge in [-0.25, -0.2) is 4.98 Å². The Morgan fingerprint density at radius 1 is 0.898 bits per heavy atom. The highest BCUT2D eigenvalue weighted by molar-refractivity contribution is 9.10. The van der Waals surface area contributed by atoms with Crippen LogP contribution >= 0.6 is 23.1 Å². The number of carbonyl (C=O) groups is 2. The Balaban J connectivity index is 0.867. The highest BCUT2D eigenvalue weighted by atomic mass is 79.9. The summed E-state index contributed by atoms with van der Waals surface area (Å²) in [5.41, 5.74) is 7.19. The standard InChI is InChI=1S/C43H50BrN10O4P/c1-27-23-35(49-43-47-25-32(44)41(51-43)48-34-11-10-33-39(46-16-15-45-33)40(34)59(3,4)57)37(58-2)24-36(27)54-17-13-30(14-18-54)53-21-19-52(20-22-53)26-28-5-7-29(8-6-28)31-9-12-38(55)50-42(31)56/h5-8,10-11,15-16,23-25,30-31H,9,12-14,17-22,26H2,1-4H3,(H,50,55,56)(H2,47,48,49,51). The molecular formula is C43H50BrN10O4P. The highest BCUT2D eigenvalue weighted by Crippen LogP contribution is 2.42. The molecule has 3 aliphatic rings. The zero-order valence-corrected chi connectivity index (χ0v) is 36.4. The number of nitrogens with zero attached hydrogens (tertiary/aromatic N) is 7. The number of anilines is 5. The van der Waals surface area contributed by atoms with Gasteiger partial charge < -0.3 is 24.8 Å². The minimum Gasteiger partial charge on any atom is -0.494 e. The number of aryl methyl sites for hydroxylation is 1. The summed E-state index contributed by atoms with van der Waals surface area (Å²) in [5, 5.41) is 9.83. The lowest BCUT2D eigenvalue weighted by Crippen LogP contribution is -2.53. The molecule has 3 N–H and O–H groups in total. The second kappa shape index (κ2) is 17.3. The molecule has 16 heteroatoms. The van der Waals surface area contributed by atoms with Gasteiger partial charge in [-0.05, 0) is 90.3 Å². The topological polar surface area (TPSA) is 158 Å². The van der Waals surface area contributed by atoms with Crippen molar-refractivity contribution >= 4 is 80.1 Å². The van der Waals surface area contributed by atoms with Crippen LogP contribution < -0.4 is 30.9 Å². The molecule has 1 unspecified atom stereocenters. The van der Waals surface area contributed by atoms with Gasteiger partial charge in [0.1, 0.15) is 24.2 Å². The van der Waals surface area contributed by atoms with Gasteiger partial charge in [-0.15, -0.1) is 0 Å². The molecule has 3 fully saturated rings. The molecule has 1 atom stereocenters. The number of methoxy groups -OCH3 is 1. The normalized spacial score (nSPS) is 18.5. The van der Waals surface area contributed by atoms with Gasteiger partial charge in [-0.2, -0.15) is 4.98 Å². The van der Waals surface area contributed by atoms with Crippen LogP contribution in [0, 0.1) is 6.92 Å². The van der Waals surface area contributed by atoms with E-state index in [-0.39, 0.29) is 17.7 Å². The molecule has 0 saturated carbocycles.